The molecule has 2 N–H and O–H groups in total. The molecule has 0 aliphatic carbocycles. The van der Waals surface area contributed by atoms with Crippen LogP contribution in [-0.2, 0) is 13.0 Å². The molecule has 0 bridgehead atoms. The third-order valence-electron chi connectivity index (χ3n) is 3.34. The number of benzene rings is 2. The van der Waals surface area contributed by atoms with Crippen molar-refractivity contribution < 1.29 is 13.5 Å². The van der Waals surface area contributed by atoms with Crippen molar-refractivity contribution in [2.45, 2.75) is 32.4 Å². The molecule has 0 aliphatic heterocycles. The fourth-order valence-electron chi connectivity index (χ4n) is 1.96. The quantitative estimate of drug-likeness (QED) is 0.878. The summed E-state index contributed by atoms with van der Waals surface area (Å²) in [4.78, 5) is 0. The Labute approximate surface area is 123 Å². The average Bonchev–Trinajstić information content (AvgIpc) is 2.50. The Morgan fingerprint density at radius 3 is 2.29 bits per heavy atom. The predicted molar refractivity (Wildman–Crippen MR) is 79.1 cm³/mol. The fraction of sp³-hybridized carbons (Fsp3) is 0.294. The average molecular weight is 291 g/mol. The highest BCUT2D eigenvalue weighted by Crippen LogP contribution is 2.16. The number of ether oxygens (including phenoxy) is 1. The molecule has 0 aromatic heterocycles. The minimum atomic E-state index is -0.861. The molecule has 2 nitrogen and oxygen atoms in total. The zero-order valence-electron chi connectivity index (χ0n) is 12.0. The fourth-order valence-corrected chi connectivity index (χ4v) is 1.96. The van der Waals surface area contributed by atoms with E-state index in [0.29, 0.717) is 11.3 Å². The van der Waals surface area contributed by atoms with Gasteiger partial charge < -0.3 is 10.5 Å². The van der Waals surface area contributed by atoms with E-state index in [9.17, 15) is 8.78 Å². The molecule has 0 aliphatic rings. The summed E-state index contributed by atoms with van der Waals surface area (Å²) in [5.74, 6) is -1.02. The summed E-state index contributed by atoms with van der Waals surface area (Å²) in [5, 5.41) is 0. The SMILES string of the molecule is CCC(N)Cc1ccc(OCc2ccc(F)c(F)c2)cc1. The second-order valence-corrected chi connectivity index (χ2v) is 5.05. The zero-order valence-corrected chi connectivity index (χ0v) is 12.0. The lowest BCUT2D eigenvalue weighted by Gasteiger charge is -2.10. The standard InChI is InChI=1S/C17H19F2NO/c1-2-14(20)9-12-3-6-15(7-4-12)21-11-13-5-8-16(18)17(19)10-13/h3-8,10,14H,2,9,11,20H2,1H3. The van der Waals surface area contributed by atoms with Crippen LogP contribution in [0.5, 0.6) is 5.75 Å². The number of halogens is 2. The van der Waals surface area contributed by atoms with Crippen LogP contribution >= 0.6 is 0 Å². The van der Waals surface area contributed by atoms with Crippen molar-refractivity contribution >= 4 is 0 Å². The molecule has 0 spiro atoms. The van der Waals surface area contributed by atoms with Crippen LogP contribution in [0.3, 0.4) is 0 Å². The number of hydrogen-bond acceptors (Lipinski definition) is 2. The van der Waals surface area contributed by atoms with Gasteiger partial charge in [0.25, 0.3) is 0 Å². The lowest BCUT2D eigenvalue weighted by Crippen LogP contribution is -2.21. The molecule has 2 rings (SSSR count). The van der Waals surface area contributed by atoms with E-state index >= 15 is 0 Å². The van der Waals surface area contributed by atoms with Gasteiger partial charge >= 0.3 is 0 Å². The smallest absolute Gasteiger partial charge is 0.159 e. The largest absolute Gasteiger partial charge is 0.489 e. The Hall–Kier alpha value is -1.94. The maximum atomic E-state index is 13.1. The molecule has 0 saturated heterocycles. The highest BCUT2D eigenvalue weighted by molar-refractivity contribution is 5.28. The van der Waals surface area contributed by atoms with E-state index < -0.39 is 11.6 Å². The normalized spacial score (nSPS) is 12.2. The molecular formula is C17H19F2NO. The molecule has 1 atom stereocenters. The van der Waals surface area contributed by atoms with Gasteiger partial charge in [-0.25, -0.2) is 8.78 Å². The summed E-state index contributed by atoms with van der Waals surface area (Å²) in [5.41, 5.74) is 7.65. The third-order valence-corrected chi connectivity index (χ3v) is 3.34. The first-order valence-electron chi connectivity index (χ1n) is 6.99. The molecule has 0 radical (unpaired) electrons. The van der Waals surface area contributed by atoms with Crippen molar-refractivity contribution in [2.75, 3.05) is 0 Å². The molecule has 0 heterocycles. The summed E-state index contributed by atoms with van der Waals surface area (Å²) < 4.78 is 31.4. The maximum absolute atomic E-state index is 13.1. The Morgan fingerprint density at radius 2 is 1.67 bits per heavy atom. The second kappa shape index (κ2) is 7.18. The Balaban J connectivity index is 1.92. The molecule has 112 valence electrons. The van der Waals surface area contributed by atoms with Gasteiger partial charge in [-0.2, -0.15) is 0 Å². The van der Waals surface area contributed by atoms with E-state index in [1.807, 2.05) is 24.3 Å². The highest BCUT2D eigenvalue weighted by atomic mass is 19.2. The lowest BCUT2D eigenvalue weighted by atomic mass is 10.0. The molecule has 21 heavy (non-hydrogen) atoms. The van der Waals surface area contributed by atoms with Crippen molar-refractivity contribution in [2.24, 2.45) is 5.73 Å². The van der Waals surface area contributed by atoms with Gasteiger partial charge in [-0.3, -0.25) is 0 Å². The van der Waals surface area contributed by atoms with Crippen LogP contribution in [0, 0.1) is 11.6 Å². The molecule has 2 aromatic carbocycles. The predicted octanol–water partition coefficient (Wildman–Crippen LogP) is 3.82. The van der Waals surface area contributed by atoms with Crippen molar-refractivity contribution in [1.82, 2.24) is 0 Å². The Bertz CT molecular complexity index is 584. The van der Waals surface area contributed by atoms with Crippen LogP contribution in [0.1, 0.15) is 24.5 Å². The van der Waals surface area contributed by atoms with Crippen molar-refractivity contribution in [1.29, 1.82) is 0 Å². The van der Waals surface area contributed by atoms with Gasteiger partial charge in [-0.05, 0) is 48.2 Å². The van der Waals surface area contributed by atoms with Crippen LogP contribution in [0.2, 0.25) is 0 Å². The first-order valence-corrected chi connectivity index (χ1v) is 6.99. The first-order chi connectivity index (χ1) is 10.1. The molecule has 0 amide bonds. The monoisotopic (exact) mass is 291 g/mol. The Morgan fingerprint density at radius 1 is 1.00 bits per heavy atom. The van der Waals surface area contributed by atoms with E-state index in [1.165, 1.54) is 6.07 Å². The van der Waals surface area contributed by atoms with Crippen LogP contribution in [0.4, 0.5) is 8.78 Å². The van der Waals surface area contributed by atoms with Crippen molar-refractivity contribution in [3.05, 3.63) is 65.2 Å². The van der Waals surface area contributed by atoms with E-state index in [-0.39, 0.29) is 12.6 Å². The minimum absolute atomic E-state index is 0.166. The van der Waals surface area contributed by atoms with Gasteiger partial charge in [0.1, 0.15) is 12.4 Å². The third kappa shape index (κ3) is 4.53. The summed E-state index contributed by atoms with van der Waals surface area (Å²) in [6.45, 7) is 2.26. The maximum Gasteiger partial charge on any atom is 0.159 e. The van der Waals surface area contributed by atoms with E-state index in [1.54, 1.807) is 0 Å². The molecule has 0 saturated carbocycles. The van der Waals surface area contributed by atoms with Crippen LogP contribution in [0.15, 0.2) is 42.5 Å². The number of rotatable bonds is 6. The number of hydrogen-bond donors (Lipinski definition) is 1. The summed E-state index contributed by atoms with van der Waals surface area (Å²) in [6, 6.07) is 11.6. The van der Waals surface area contributed by atoms with Gasteiger partial charge in [0.15, 0.2) is 11.6 Å². The van der Waals surface area contributed by atoms with Gasteiger partial charge in [0, 0.05) is 6.04 Å². The Kier molecular flexibility index (Phi) is 5.28. The van der Waals surface area contributed by atoms with E-state index in [4.69, 9.17) is 10.5 Å². The highest BCUT2D eigenvalue weighted by Gasteiger charge is 2.04. The van der Waals surface area contributed by atoms with Crippen LogP contribution in [0.25, 0.3) is 0 Å². The molecule has 4 heteroatoms. The molecule has 1 unspecified atom stereocenters. The minimum Gasteiger partial charge on any atom is -0.489 e. The second-order valence-electron chi connectivity index (χ2n) is 5.05. The van der Waals surface area contributed by atoms with Gasteiger partial charge in [0.2, 0.25) is 0 Å². The summed E-state index contributed by atoms with van der Waals surface area (Å²) >= 11 is 0. The zero-order chi connectivity index (χ0) is 15.2. The number of nitrogens with two attached hydrogens (primary N) is 1. The van der Waals surface area contributed by atoms with Gasteiger partial charge in [-0.1, -0.05) is 25.1 Å². The van der Waals surface area contributed by atoms with Crippen molar-refractivity contribution in [3.8, 4) is 5.75 Å². The topological polar surface area (TPSA) is 35.2 Å². The molecule has 2 aromatic rings. The van der Waals surface area contributed by atoms with Gasteiger partial charge in [0.05, 0.1) is 0 Å². The van der Waals surface area contributed by atoms with E-state index in [2.05, 4.69) is 6.92 Å². The van der Waals surface area contributed by atoms with Crippen molar-refractivity contribution in [3.63, 3.8) is 0 Å². The van der Waals surface area contributed by atoms with Crippen LogP contribution < -0.4 is 10.5 Å². The van der Waals surface area contributed by atoms with Crippen LogP contribution in [-0.4, -0.2) is 6.04 Å². The lowest BCUT2D eigenvalue weighted by molar-refractivity contribution is 0.305. The summed E-state index contributed by atoms with van der Waals surface area (Å²) in [6.07, 6.45) is 1.77. The summed E-state index contributed by atoms with van der Waals surface area (Å²) in [7, 11) is 0. The first kappa shape index (κ1) is 15.4. The molecule has 0 fully saturated rings. The van der Waals surface area contributed by atoms with E-state index in [0.717, 1.165) is 30.5 Å². The molecular weight excluding hydrogens is 272 g/mol. The van der Waals surface area contributed by atoms with Gasteiger partial charge in [-0.15, -0.1) is 0 Å².